The van der Waals surface area contributed by atoms with Crippen LogP contribution in [0.2, 0.25) is 10.0 Å². The van der Waals surface area contributed by atoms with Crippen molar-refractivity contribution in [2.75, 3.05) is 39.8 Å². The zero-order valence-corrected chi connectivity index (χ0v) is 23.0. The van der Waals surface area contributed by atoms with E-state index in [4.69, 9.17) is 27.9 Å². The average molecular weight is 533 g/mol. The molecule has 0 saturated carbocycles. The molecule has 0 bridgehead atoms. The standard InChI is InChI=1S/C29H39Cl2N3O2/c1-3-25(33-14-4-5-15-33)20-36-28-19-24(31)10-11-26(28)22-12-16-34(17-13-22)29(35)27(32-2)18-21-6-8-23(30)9-7-21/h6-11,19,22,25,27,32H,3-5,12-18,20H2,1-2H3/t25-,27-/m1/s1. The SMILES string of the molecule is CC[C@H](COc1cc(Cl)ccc1C1CCN(C(=O)[C@@H](Cc2ccc(Cl)cc2)NC)CC1)N1CCCC1. The fraction of sp³-hybridized carbons (Fsp3) is 0.552. The van der Waals surface area contributed by atoms with Gasteiger partial charge in [-0.05, 0) is 100.0 Å². The van der Waals surface area contributed by atoms with Crippen LogP contribution in [-0.4, -0.2) is 67.6 Å². The van der Waals surface area contributed by atoms with E-state index < -0.39 is 0 Å². The molecule has 4 rings (SSSR count). The molecule has 2 aliphatic rings. The Morgan fingerprint density at radius 3 is 2.33 bits per heavy atom. The molecule has 2 fully saturated rings. The Kier molecular flexibility index (Phi) is 9.95. The number of rotatable bonds is 10. The maximum absolute atomic E-state index is 13.3. The Morgan fingerprint density at radius 1 is 1.03 bits per heavy atom. The van der Waals surface area contributed by atoms with Gasteiger partial charge in [0.2, 0.25) is 5.91 Å². The van der Waals surface area contributed by atoms with Crippen molar-refractivity contribution in [1.82, 2.24) is 15.1 Å². The summed E-state index contributed by atoms with van der Waals surface area (Å²) in [5.41, 5.74) is 2.32. The molecular formula is C29H39Cl2N3O2. The molecule has 2 heterocycles. The molecule has 1 N–H and O–H groups in total. The molecule has 0 aliphatic carbocycles. The number of hydrogen-bond donors (Lipinski definition) is 1. The van der Waals surface area contributed by atoms with E-state index in [9.17, 15) is 4.79 Å². The van der Waals surface area contributed by atoms with Gasteiger partial charge in [-0.15, -0.1) is 0 Å². The molecule has 0 aromatic heterocycles. The Labute approximate surface area is 226 Å². The zero-order valence-electron chi connectivity index (χ0n) is 21.5. The van der Waals surface area contributed by atoms with Gasteiger partial charge in [-0.3, -0.25) is 9.69 Å². The minimum atomic E-state index is -0.242. The molecule has 2 atom stereocenters. The molecular weight excluding hydrogens is 493 g/mol. The van der Waals surface area contributed by atoms with Crippen molar-refractivity contribution >= 4 is 29.1 Å². The van der Waals surface area contributed by atoms with E-state index in [1.54, 1.807) is 0 Å². The van der Waals surface area contributed by atoms with E-state index in [1.165, 1.54) is 31.5 Å². The number of hydrogen-bond acceptors (Lipinski definition) is 4. The summed E-state index contributed by atoms with van der Waals surface area (Å²) in [5, 5.41) is 4.63. The maximum Gasteiger partial charge on any atom is 0.240 e. The summed E-state index contributed by atoms with van der Waals surface area (Å²) >= 11 is 12.4. The molecule has 36 heavy (non-hydrogen) atoms. The molecule has 0 spiro atoms. The van der Waals surface area contributed by atoms with Gasteiger partial charge in [0.05, 0.1) is 6.04 Å². The van der Waals surface area contributed by atoms with Crippen LogP contribution in [0.5, 0.6) is 5.75 Å². The summed E-state index contributed by atoms with van der Waals surface area (Å²) < 4.78 is 6.42. The highest BCUT2D eigenvalue weighted by atomic mass is 35.5. The number of ether oxygens (including phenoxy) is 1. The van der Waals surface area contributed by atoms with Crippen LogP contribution in [0.25, 0.3) is 0 Å². The summed E-state index contributed by atoms with van der Waals surface area (Å²) in [6, 6.07) is 14.0. The van der Waals surface area contributed by atoms with E-state index in [-0.39, 0.29) is 11.9 Å². The molecule has 2 aliphatic heterocycles. The number of nitrogens with zero attached hydrogens (tertiary/aromatic N) is 2. The molecule has 196 valence electrons. The molecule has 2 aromatic rings. The summed E-state index contributed by atoms with van der Waals surface area (Å²) in [4.78, 5) is 17.8. The van der Waals surface area contributed by atoms with E-state index in [2.05, 4.69) is 23.2 Å². The lowest BCUT2D eigenvalue weighted by atomic mass is 9.88. The van der Waals surface area contributed by atoms with Crippen LogP contribution >= 0.6 is 23.2 Å². The fourth-order valence-corrected chi connectivity index (χ4v) is 5.83. The maximum atomic E-state index is 13.3. The van der Waals surface area contributed by atoms with Crippen LogP contribution in [0.1, 0.15) is 56.1 Å². The smallest absolute Gasteiger partial charge is 0.240 e. The summed E-state index contributed by atoms with van der Waals surface area (Å²) in [7, 11) is 1.86. The molecule has 5 nitrogen and oxygen atoms in total. The average Bonchev–Trinajstić information content (AvgIpc) is 3.43. The number of likely N-dealkylation sites (N-methyl/N-ethyl adjacent to an activating group) is 1. The fourth-order valence-electron chi connectivity index (χ4n) is 5.54. The highest BCUT2D eigenvalue weighted by molar-refractivity contribution is 6.30. The van der Waals surface area contributed by atoms with Crippen molar-refractivity contribution in [3.8, 4) is 5.75 Å². The minimum absolute atomic E-state index is 0.162. The molecule has 2 saturated heterocycles. The summed E-state index contributed by atoms with van der Waals surface area (Å²) in [6.45, 7) is 6.76. The van der Waals surface area contributed by atoms with Gasteiger partial charge in [-0.25, -0.2) is 0 Å². The largest absolute Gasteiger partial charge is 0.492 e. The Bertz CT molecular complexity index is 987. The Hall–Kier alpha value is -1.79. The van der Waals surface area contributed by atoms with Crippen molar-refractivity contribution < 1.29 is 9.53 Å². The number of likely N-dealkylation sites (tertiary alicyclic amines) is 2. The number of carbonyl (C=O) groups is 1. The number of halogens is 2. The topological polar surface area (TPSA) is 44.8 Å². The van der Waals surface area contributed by atoms with Crippen molar-refractivity contribution in [2.24, 2.45) is 0 Å². The van der Waals surface area contributed by atoms with Gasteiger partial charge < -0.3 is 15.0 Å². The van der Waals surface area contributed by atoms with E-state index >= 15 is 0 Å². The van der Waals surface area contributed by atoms with E-state index in [0.717, 1.165) is 43.7 Å². The summed E-state index contributed by atoms with van der Waals surface area (Å²) in [5.74, 6) is 1.42. The number of benzene rings is 2. The van der Waals surface area contributed by atoms with Crippen LogP contribution in [0.4, 0.5) is 0 Å². The molecule has 7 heteroatoms. The second-order valence-corrected chi connectivity index (χ2v) is 10.9. The van der Waals surface area contributed by atoms with Gasteiger partial charge >= 0.3 is 0 Å². The quantitative estimate of drug-likeness (QED) is 0.421. The van der Waals surface area contributed by atoms with Gasteiger partial charge in [0.1, 0.15) is 12.4 Å². The van der Waals surface area contributed by atoms with Crippen molar-refractivity contribution in [2.45, 2.75) is 63.5 Å². The third-order valence-electron chi connectivity index (χ3n) is 7.78. The van der Waals surface area contributed by atoms with Crippen LogP contribution in [-0.2, 0) is 11.2 Å². The lowest BCUT2D eigenvalue weighted by molar-refractivity contribution is -0.134. The highest BCUT2D eigenvalue weighted by Gasteiger charge is 2.30. The van der Waals surface area contributed by atoms with Crippen molar-refractivity contribution in [3.63, 3.8) is 0 Å². The number of amides is 1. The predicted molar refractivity (Wildman–Crippen MR) is 148 cm³/mol. The highest BCUT2D eigenvalue weighted by Crippen LogP contribution is 2.36. The lowest BCUT2D eigenvalue weighted by Crippen LogP contribution is -2.49. The van der Waals surface area contributed by atoms with Gasteiger partial charge in [0, 0.05) is 29.2 Å². The van der Waals surface area contributed by atoms with Crippen LogP contribution in [0.15, 0.2) is 42.5 Å². The van der Waals surface area contributed by atoms with Gasteiger partial charge in [0.25, 0.3) is 0 Å². The van der Waals surface area contributed by atoms with E-state index in [0.29, 0.717) is 35.0 Å². The van der Waals surface area contributed by atoms with Crippen LogP contribution < -0.4 is 10.1 Å². The molecule has 2 aromatic carbocycles. The zero-order chi connectivity index (χ0) is 25.5. The first kappa shape index (κ1) is 27.3. The normalized spacial score (nSPS) is 18.8. The molecule has 1 amide bonds. The Balaban J connectivity index is 1.36. The first-order chi connectivity index (χ1) is 17.5. The monoisotopic (exact) mass is 531 g/mol. The summed E-state index contributed by atoms with van der Waals surface area (Å²) in [6.07, 6.45) is 6.14. The Morgan fingerprint density at radius 2 is 1.69 bits per heavy atom. The van der Waals surface area contributed by atoms with Crippen molar-refractivity contribution in [1.29, 1.82) is 0 Å². The van der Waals surface area contributed by atoms with Crippen LogP contribution in [0, 0.1) is 0 Å². The third-order valence-corrected chi connectivity index (χ3v) is 8.27. The number of nitrogens with one attached hydrogen (secondary N) is 1. The van der Waals surface area contributed by atoms with Crippen LogP contribution in [0.3, 0.4) is 0 Å². The third kappa shape index (κ3) is 6.95. The first-order valence-electron chi connectivity index (χ1n) is 13.3. The lowest BCUT2D eigenvalue weighted by Gasteiger charge is -2.35. The molecule has 0 radical (unpaired) electrons. The van der Waals surface area contributed by atoms with Gasteiger partial charge in [-0.1, -0.05) is 48.3 Å². The number of carbonyl (C=O) groups excluding carboxylic acids is 1. The minimum Gasteiger partial charge on any atom is -0.492 e. The second-order valence-electron chi connectivity index (χ2n) is 10.1. The molecule has 0 unspecified atom stereocenters. The van der Waals surface area contributed by atoms with Gasteiger partial charge in [-0.2, -0.15) is 0 Å². The second kappa shape index (κ2) is 13.1. The van der Waals surface area contributed by atoms with Gasteiger partial charge in [0.15, 0.2) is 0 Å². The van der Waals surface area contributed by atoms with E-state index in [1.807, 2.05) is 48.3 Å². The van der Waals surface area contributed by atoms with Crippen molar-refractivity contribution in [3.05, 3.63) is 63.6 Å². The first-order valence-corrected chi connectivity index (χ1v) is 14.1. The predicted octanol–water partition coefficient (Wildman–Crippen LogP) is 5.78. The number of piperidine rings is 1.